The first-order valence-electron chi connectivity index (χ1n) is 7.98. The quantitative estimate of drug-likeness (QED) is 0.714. The van der Waals surface area contributed by atoms with Crippen LogP contribution in [-0.4, -0.2) is 53.8 Å². The number of nitrogens with two attached hydrogens (primary N) is 1. The molecular weight excluding hydrogens is 310 g/mol. The molecule has 2 aromatic rings. The van der Waals surface area contributed by atoms with Crippen LogP contribution in [0, 0.1) is 5.92 Å². The average molecular weight is 333 g/mol. The van der Waals surface area contributed by atoms with Crippen LogP contribution in [0.4, 0.5) is 16.2 Å². The summed E-state index contributed by atoms with van der Waals surface area (Å²) >= 11 is 0. The number of fused-ring (bicyclic) bond motifs is 1. The lowest BCUT2D eigenvalue weighted by molar-refractivity contribution is 0.185. The molecule has 8 heteroatoms. The van der Waals surface area contributed by atoms with Crippen molar-refractivity contribution in [3.63, 3.8) is 0 Å². The van der Waals surface area contributed by atoms with Crippen molar-refractivity contribution in [1.29, 1.82) is 0 Å². The summed E-state index contributed by atoms with van der Waals surface area (Å²) in [5.41, 5.74) is 8.83. The number of nitrogen functional groups attached to an aromatic ring is 1. The maximum absolute atomic E-state index is 10.9. The second kappa shape index (κ2) is 6.56. The molecule has 2 atom stereocenters. The van der Waals surface area contributed by atoms with Gasteiger partial charge >= 0.3 is 6.09 Å². The van der Waals surface area contributed by atoms with Gasteiger partial charge in [-0.2, -0.15) is 5.10 Å². The fourth-order valence-corrected chi connectivity index (χ4v) is 3.36. The minimum atomic E-state index is -0.993. The first kappa shape index (κ1) is 16.4. The van der Waals surface area contributed by atoms with Crippen LogP contribution in [0.3, 0.4) is 0 Å². The maximum atomic E-state index is 10.9. The maximum Gasteiger partial charge on any atom is 0.404 e. The van der Waals surface area contributed by atoms with E-state index in [1.807, 2.05) is 29.9 Å². The zero-order chi connectivity index (χ0) is 17.3. The monoisotopic (exact) mass is 333 g/mol. The van der Waals surface area contributed by atoms with Crippen molar-refractivity contribution < 1.29 is 14.6 Å². The molecule has 1 aliphatic rings. The molecule has 24 heavy (non-hydrogen) atoms. The molecule has 1 aromatic carbocycles. The smallest absolute Gasteiger partial charge is 0.404 e. The zero-order valence-corrected chi connectivity index (χ0v) is 13.9. The molecule has 3 rings (SSSR count). The third kappa shape index (κ3) is 2.96. The van der Waals surface area contributed by atoms with E-state index in [4.69, 9.17) is 15.6 Å². The topological polar surface area (TPSA) is 106 Å². The van der Waals surface area contributed by atoms with E-state index in [0.29, 0.717) is 25.4 Å². The highest BCUT2D eigenvalue weighted by molar-refractivity contribution is 5.98. The van der Waals surface area contributed by atoms with E-state index in [0.717, 1.165) is 23.1 Å². The van der Waals surface area contributed by atoms with Gasteiger partial charge in [-0.15, -0.1) is 0 Å². The van der Waals surface area contributed by atoms with Gasteiger partial charge in [0.15, 0.2) is 0 Å². The van der Waals surface area contributed by atoms with Gasteiger partial charge in [0.1, 0.15) is 0 Å². The molecule has 0 radical (unpaired) electrons. The number of anilines is 2. The van der Waals surface area contributed by atoms with Crippen LogP contribution < -0.4 is 16.0 Å². The molecular formula is C16H23N5O3. The predicted octanol–water partition coefficient (Wildman–Crippen LogP) is 1.36. The molecule has 1 amide bonds. The summed E-state index contributed by atoms with van der Waals surface area (Å²) in [7, 11) is 1.66. The Morgan fingerprint density at radius 3 is 3.00 bits per heavy atom. The van der Waals surface area contributed by atoms with Gasteiger partial charge in [0.05, 0.1) is 42.3 Å². The molecule has 0 spiro atoms. The van der Waals surface area contributed by atoms with E-state index in [1.165, 1.54) is 0 Å². The van der Waals surface area contributed by atoms with Crippen molar-refractivity contribution in [3.05, 3.63) is 18.3 Å². The molecule has 4 N–H and O–H groups in total. The van der Waals surface area contributed by atoms with Crippen LogP contribution in [0.15, 0.2) is 18.3 Å². The molecule has 1 saturated heterocycles. The summed E-state index contributed by atoms with van der Waals surface area (Å²) in [6, 6.07) is 3.73. The first-order chi connectivity index (χ1) is 11.5. The number of rotatable bonds is 5. The Morgan fingerprint density at radius 2 is 2.29 bits per heavy atom. The number of hydrogen-bond acceptors (Lipinski definition) is 5. The summed E-state index contributed by atoms with van der Waals surface area (Å²) in [6.07, 6.45) is 0.825. The third-order valence-corrected chi connectivity index (χ3v) is 4.57. The largest absolute Gasteiger partial charge is 0.465 e. The van der Waals surface area contributed by atoms with Crippen LogP contribution in [0.1, 0.15) is 6.92 Å². The number of carboxylic acid groups (broad SMARTS) is 1. The number of benzene rings is 1. The number of nitrogens with one attached hydrogen (secondary N) is 1. The van der Waals surface area contributed by atoms with Crippen molar-refractivity contribution in [3.8, 4) is 0 Å². The van der Waals surface area contributed by atoms with E-state index in [1.54, 1.807) is 7.11 Å². The molecule has 1 fully saturated rings. The standard InChI is InChI=1S/C16H23N5O3/c1-10-8-20(9-13(10)19-16(22)23)15-11-7-18-21(5-6-24-2)14(11)4-3-12(15)17/h3-4,7,10,13,19H,5-6,8-9,17H2,1-2H3,(H,22,23)/t10-,13+/m1/s1. The fourth-order valence-electron chi connectivity index (χ4n) is 3.36. The van der Waals surface area contributed by atoms with Gasteiger partial charge in [-0.05, 0) is 18.1 Å². The summed E-state index contributed by atoms with van der Waals surface area (Å²) in [5.74, 6) is 0.208. The SMILES string of the molecule is COCCn1ncc2c(N3C[C@@H](C)[C@@H](NC(=O)O)C3)c(N)ccc21. The number of nitrogens with zero attached hydrogens (tertiary/aromatic N) is 3. The lowest BCUT2D eigenvalue weighted by Gasteiger charge is -2.21. The van der Waals surface area contributed by atoms with Crippen LogP contribution in [-0.2, 0) is 11.3 Å². The van der Waals surface area contributed by atoms with Crippen molar-refractivity contribution in [1.82, 2.24) is 15.1 Å². The highest BCUT2D eigenvalue weighted by Crippen LogP contribution is 2.36. The number of amides is 1. The number of hydrogen-bond donors (Lipinski definition) is 3. The molecule has 0 aliphatic carbocycles. The molecule has 0 unspecified atom stereocenters. The molecule has 0 saturated carbocycles. The highest BCUT2D eigenvalue weighted by atomic mass is 16.5. The van der Waals surface area contributed by atoms with Gasteiger partial charge in [-0.1, -0.05) is 6.92 Å². The Labute approximate surface area is 140 Å². The highest BCUT2D eigenvalue weighted by Gasteiger charge is 2.32. The van der Waals surface area contributed by atoms with Gasteiger partial charge in [0, 0.05) is 25.6 Å². The summed E-state index contributed by atoms with van der Waals surface area (Å²) in [4.78, 5) is 13.1. The number of methoxy groups -OCH3 is 1. The minimum absolute atomic E-state index is 0.110. The number of ether oxygens (including phenoxy) is 1. The second-order valence-electron chi connectivity index (χ2n) is 6.23. The fraction of sp³-hybridized carbons (Fsp3) is 0.500. The predicted molar refractivity (Wildman–Crippen MR) is 92.3 cm³/mol. The number of aromatic nitrogens is 2. The third-order valence-electron chi connectivity index (χ3n) is 4.57. The van der Waals surface area contributed by atoms with Gasteiger partial charge in [-0.3, -0.25) is 4.68 Å². The molecule has 0 bridgehead atoms. The molecule has 1 aliphatic heterocycles. The van der Waals surface area contributed by atoms with E-state index in [2.05, 4.69) is 15.3 Å². The van der Waals surface area contributed by atoms with E-state index >= 15 is 0 Å². The van der Waals surface area contributed by atoms with Gasteiger partial charge < -0.3 is 25.8 Å². The normalized spacial score (nSPS) is 20.7. The van der Waals surface area contributed by atoms with Crippen LogP contribution in [0.5, 0.6) is 0 Å². The zero-order valence-electron chi connectivity index (χ0n) is 13.9. The van der Waals surface area contributed by atoms with Gasteiger partial charge in [-0.25, -0.2) is 4.79 Å². The van der Waals surface area contributed by atoms with Crippen LogP contribution >= 0.6 is 0 Å². The van der Waals surface area contributed by atoms with Gasteiger partial charge in [0.25, 0.3) is 0 Å². The summed E-state index contributed by atoms with van der Waals surface area (Å²) < 4.78 is 7.02. The Hall–Kier alpha value is -2.48. The first-order valence-corrected chi connectivity index (χ1v) is 7.98. The Morgan fingerprint density at radius 1 is 1.50 bits per heavy atom. The molecule has 1 aromatic heterocycles. The van der Waals surface area contributed by atoms with Crippen LogP contribution in [0.25, 0.3) is 10.9 Å². The lowest BCUT2D eigenvalue weighted by Crippen LogP contribution is -2.38. The Kier molecular flexibility index (Phi) is 4.48. The van der Waals surface area contributed by atoms with E-state index in [-0.39, 0.29) is 12.0 Å². The van der Waals surface area contributed by atoms with Crippen molar-refractivity contribution >= 4 is 28.4 Å². The molecule has 130 valence electrons. The average Bonchev–Trinajstić information content (AvgIpc) is 3.08. The van der Waals surface area contributed by atoms with Crippen molar-refractivity contribution in [2.75, 3.05) is 37.4 Å². The minimum Gasteiger partial charge on any atom is -0.465 e. The van der Waals surface area contributed by atoms with E-state index in [9.17, 15) is 4.79 Å². The Balaban J connectivity index is 1.93. The Bertz CT molecular complexity index is 745. The van der Waals surface area contributed by atoms with E-state index < -0.39 is 6.09 Å². The van der Waals surface area contributed by atoms with Crippen molar-refractivity contribution in [2.45, 2.75) is 19.5 Å². The summed E-state index contributed by atoms with van der Waals surface area (Å²) in [6.45, 7) is 4.64. The molecule has 8 nitrogen and oxygen atoms in total. The van der Waals surface area contributed by atoms with Crippen molar-refractivity contribution in [2.24, 2.45) is 5.92 Å². The molecule has 2 heterocycles. The van der Waals surface area contributed by atoms with Crippen LogP contribution in [0.2, 0.25) is 0 Å². The number of carbonyl (C=O) groups is 1. The summed E-state index contributed by atoms with van der Waals surface area (Å²) in [5, 5.41) is 17.0. The van der Waals surface area contributed by atoms with Gasteiger partial charge in [0.2, 0.25) is 0 Å². The lowest BCUT2D eigenvalue weighted by atomic mass is 10.1. The second-order valence-corrected chi connectivity index (χ2v) is 6.23.